The van der Waals surface area contributed by atoms with Crippen molar-refractivity contribution in [3.63, 3.8) is 0 Å². The first kappa shape index (κ1) is 18.4. The summed E-state index contributed by atoms with van der Waals surface area (Å²) in [5, 5.41) is 6.10. The van der Waals surface area contributed by atoms with Crippen molar-refractivity contribution in [1.29, 1.82) is 0 Å². The van der Waals surface area contributed by atoms with Crippen molar-refractivity contribution in [1.82, 2.24) is 10.6 Å². The highest BCUT2D eigenvalue weighted by Crippen LogP contribution is 2.13. The Morgan fingerprint density at radius 1 is 0.947 bits per heavy atom. The fourth-order valence-corrected chi connectivity index (χ4v) is 2.20. The molecule has 0 atom stereocenters. The van der Waals surface area contributed by atoms with Gasteiger partial charge in [0.05, 0.1) is 5.41 Å². The molecule has 0 spiro atoms. The minimum atomic E-state index is -0.311. The van der Waals surface area contributed by atoms with E-state index >= 15 is 0 Å². The van der Waals surface area contributed by atoms with Gasteiger partial charge in [-0.3, -0.25) is 4.79 Å². The van der Waals surface area contributed by atoms with Crippen LogP contribution in [0.4, 0.5) is 0 Å². The highest BCUT2D eigenvalue weighted by Gasteiger charge is 2.25. The van der Waals surface area contributed by atoms with Gasteiger partial charge in [-0.05, 0) is 26.8 Å². The van der Waals surface area contributed by atoms with E-state index in [0.29, 0.717) is 0 Å². The van der Waals surface area contributed by atoms with Gasteiger partial charge in [0.2, 0.25) is 5.91 Å². The summed E-state index contributed by atoms with van der Waals surface area (Å²) in [6.07, 6.45) is 10.8. The Morgan fingerprint density at radius 2 is 1.47 bits per heavy atom. The zero-order valence-corrected chi connectivity index (χ0v) is 13.5. The lowest BCUT2D eigenvalue weighted by molar-refractivity contribution is -0.128. The summed E-state index contributed by atoms with van der Waals surface area (Å²) in [6.45, 7) is 7.99. The van der Waals surface area contributed by atoms with E-state index in [-0.39, 0.29) is 11.3 Å². The number of carbonyl (C=O) groups excluding carboxylic acids is 1. The fraction of sp³-hybridized carbons (Fsp3) is 0.938. The molecule has 0 saturated carbocycles. The highest BCUT2D eigenvalue weighted by molar-refractivity contribution is 5.81. The zero-order valence-electron chi connectivity index (χ0n) is 13.5. The Bertz CT molecular complexity index is 227. The maximum Gasteiger partial charge on any atom is 0.226 e. The zero-order chi connectivity index (χ0) is 14.6. The number of unbranched alkanes of at least 4 members (excludes halogenated alkanes) is 7. The van der Waals surface area contributed by atoms with E-state index in [9.17, 15) is 4.79 Å². The van der Waals surface area contributed by atoms with Gasteiger partial charge < -0.3 is 10.6 Å². The molecule has 2 N–H and O–H groups in total. The smallest absolute Gasteiger partial charge is 0.226 e. The van der Waals surface area contributed by atoms with E-state index in [0.717, 1.165) is 13.1 Å². The predicted molar refractivity (Wildman–Crippen MR) is 83.3 cm³/mol. The summed E-state index contributed by atoms with van der Waals surface area (Å²) in [5.41, 5.74) is -0.311. The van der Waals surface area contributed by atoms with Gasteiger partial charge in [0.25, 0.3) is 0 Å². The van der Waals surface area contributed by atoms with Crippen LogP contribution in [0, 0.1) is 5.41 Å². The molecule has 19 heavy (non-hydrogen) atoms. The van der Waals surface area contributed by atoms with Gasteiger partial charge in [0, 0.05) is 13.6 Å². The fourth-order valence-electron chi connectivity index (χ4n) is 2.20. The topological polar surface area (TPSA) is 41.1 Å². The average Bonchev–Trinajstić information content (AvgIpc) is 2.39. The lowest BCUT2D eigenvalue weighted by Crippen LogP contribution is -2.42. The summed E-state index contributed by atoms with van der Waals surface area (Å²) >= 11 is 0. The molecule has 0 bridgehead atoms. The molecule has 0 saturated heterocycles. The highest BCUT2D eigenvalue weighted by atomic mass is 16.2. The number of rotatable bonds is 12. The van der Waals surface area contributed by atoms with Crippen LogP contribution in [0.25, 0.3) is 0 Å². The Kier molecular flexibility index (Phi) is 10.9. The normalized spacial score (nSPS) is 11.6. The quantitative estimate of drug-likeness (QED) is 0.533. The molecule has 1 amide bonds. The van der Waals surface area contributed by atoms with Crippen LogP contribution in [-0.4, -0.2) is 26.0 Å². The van der Waals surface area contributed by atoms with Crippen LogP contribution in [0.2, 0.25) is 0 Å². The van der Waals surface area contributed by atoms with Crippen LogP contribution < -0.4 is 10.6 Å². The second-order valence-electron chi connectivity index (χ2n) is 6.11. The van der Waals surface area contributed by atoms with Crippen LogP contribution in [0.15, 0.2) is 0 Å². The first-order valence-electron chi connectivity index (χ1n) is 7.97. The van der Waals surface area contributed by atoms with Crippen molar-refractivity contribution in [3.8, 4) is 0 Å². The monoisotopic (exact) mass is 270 g/mol. The first-order valence-corrected chi connectivity index (χ1v) is 7.97. The summed E-state index contributed by atoms with van der Waals surface area (Å²) in [5.74, 6) is 0.107. The van der Waals surface area contributed by atoms with Crippen molar-refractivity contribution in [2.45, 2.75) is 72.1 Å². The third-order valence-corrected chi connectivity index (χ3v) is 3.62. The molecule has 3 heteroatoms. The Morgan fingerprint density at radius 3 is 2.00 bits per heavy atom. The predicted octanol–water partition coefficient (Wildman–Crippen LogP) is 3.49. The van der Waals surface area contributed by atoms with Gasteiger partial charge in [0.15, 0.2) is 0 Å². The van der Waals surface area contributed by atoms with Crippen LogP contribution in [0.5, 0.6) is 0 Å². The number of hydrogen-bond donors (Lipinski definition) is 2. The Balaban J connectivity index is 3.33. The largest absolute Gasteiger partial charge is 0.359 e. The molecule has 0 fully saturated rings. The number of nitrogens with one attached hydrogen (secondary N) is 2. The molecule has 0 aliphatic carbocycles. The van der Waals surface area contributed by atoms with Crippen molar-refractivity contribution in [3.05, 3.63) is 0 Å². The SMILES string of the molecule is CCCCCCCCCCNCC(C)(C)C(=O)NC. The van der Waals surface area contributed by atoms with E-state index in [2.05, 4.69) is 17.6 Å². The molecule has 0 aromatic rings. The van der Waals surface area contributed by atoms with Gasteiger partial charge in [-0.15, -0.1) is 0 Å². The van der Waals surface area contributed by atoms with Crippen LogP contribution in [0.3, 0.4) is 0 Å². The lowest BCUT2D eigenvalue weighted by Gasteiger charge is -2.22. The van der Waals surface area contributed by atoms with Gasteiger partial charge in [-0.25, -0.2) is 0 Å². The van der Waals surface area contributed by atoms with Gasteiger partial charge in [-0.1, -0.05) is 51.9 Å². The summed E-state index contributed by atoms with van der Waals surface area (Å²) in [7, 11) is 1.70. The molecule has 0 aliphatic rings. The van der Waals surface area contributed by atoms with Crippen molar-refractivity contribution >= 4 is 5.91 Å². The molecule has 0 unspecified atom stereocenters. The number of hydrogen-bond acceptors (Lipinski definition) is 2. The van der Waals surface area contributed by atoms with E-state index in [1.165, 1.54) is 51.4 Å². The minimum absolute atomic E-state index is 0.107. The molecule has 0 radical (unpaired) electrons. The standard InChI is InChI=1S/C16H34N2O/c1-5-6-7-8-9-10-11-12-13-18-14-16(2,3)15(19)17-4/h18H,5-14H2,1-4H3,(H,17,19). The maximum absolute atomic E-state index is 11.6. The van der Waals surface area contributed by atoms with Gasteiger partial charge >= 0.3 is 0 Å². The molecule has 0 heterocycles. The van der Waals surface area contributed by atoms with Crippen molar-refractivity contribution in [2.75, 3.05) is 20.1 Å². The molecular weight excluding hydrogens is 236 g/mol. The van der Waals surface area contributed by atoms with Gasteiger partial charge in [-0.2, -0.15) is 0 Å². The van der Waals surface area contributed by atoms with Crippen molar-refractivity contribution in [2.24, 2.45) is 5.41 Å². The maximum atomic E-state index is 11.6. The lowest BCUT2D eigenvalue weighted by atomic mass is 9.92. The van der Waals surface area contributed by atoms with E-state index in [4.69, 9.17) is 0 Å². The first-order chi connectivity index (χ1) is 9.04. The Labute approximate surface area is 119 Å². The third kappa shape index (κ3) is 9.94. The molecule has 0 aromatic heterocycles. The minimum Gasteiger partial charge on any atom is -0.359 e. The third-order valence-electron chi connectivity index (χ3n) is 3.62. The molecule has 0 aliphatic heterocycles. The molecule has 3 nitrogen and oxygen atoms in total. The molecule has 0 aromatic carbocycles. The number of amides is 1. The summed E-state index contributed by atoms with van der Waals surface area (Å²) in [6, 6.07) is 0. The number of carbonyl (C=O) groups is 1. The van der Waals surface area contributed by atoms with E-state index in [1.54, 1.807) is 7.05 Å². The van der Waals surface area contributed by atoms with E-state index in [1.807, 2.05) is 13.8 Å². The summed E-state index contributed by atoms with van der Waals surface area (Å²) < 4.78 is 0. The van der Waals surface area contributed by atoms with Crippen LogP contribution in [-0.2, 0) is 4.79 Å². The van der Waals surface area contributed by atoms with Crippen LogP contribution in [0.1, 0.15) is 72.1 Å². The second-order valence-corrected chi connectivity index (χ2v) is 6.11. The van der Waals surface area contributed by atoms with E-state index < -0.39 is 0 Å². The summed E-state index contributed by atoms with van der Waals surface area (Å²) in [4.78, 5) is 11.6. The molecular formula is C16H34N2O. The average molecular weight is 270 g/mol. The van der Waals surface area contributed by atoms with Crippen LogP contribution >= 0.6 is 0 Å². The van der Waals surface area contributed by atoms with Crippen molar-refractivity contribution < 1.29 is 4.79 Å². The molecule has 114 valence electrons. The second kappa shape index (κ2) is 11.3. The Hall–Kier alpha value is -0.570. The van der Waals surface area contributed by atoms with Gasteiger partial charge in [0.1, 0.15) is 0 Å². The molecule has 0 rings (SSSR count).